The fraction of sp³-hybridized carbons (Fsp3) is 0.182. The molecular formula is C11H12BrN3O3. The minimum atomic E-state index is -0.339. The van der Waals surface area contributed by atoms with Gasteiger partial charge in [0.2, 0.25) is 5.91 Å². The number of aromatic amines is 1. The van der Waals surface area contributed by atoms with Crippen LogP contribution in [0.1, 0.15) is 10.4 Å². The maximum atomic E-state index is 11.6. The molecule has 3 N–H and O–H groups in total. The maximum Gasteiger partial charge on any atom is 0.262 e. The summed E-state index contributed by atoms with van der Waals surface area (Å²) in [5, 5.41) is 4.99. The summed E-state index contributed by atoms with van der Waals surface area (Å²) < 4.78 is 0.288. The second-order valence-corrected chi connectivity index (χ2v) is 4.15. The van der Waals surface area contributed by atoms with Crippen molar-refractivity contribution in [1.82, 2.24) is 15.6 Å². The van der Waals surface area contributed by atoms with E-state index in [4.69, 9.17) is 0 Å². The van der Waals surface area contributed by atoms with E-state index in [1.807, 2.05) is 0 Å². The standard InChI is InChI=1S/C11H12BrN3O3/c1-13-9(16)3-2-4-14-10(17)7-5-8(12)11(18)15-6-7/h2-3,5-6H,4H2,1H3,(H,13,16)(H,14,17)(H,15,18). The van der Waals surface area contributed by atoms with Gasteiger partial charge >= 0.3 is 0 Å². The van der Waals surface area contributed by atoms with Crippen LogP contribution in [0.4, 0.5) is 0 Å². The molecule has 1 aromatic heterocycles. The maximum absolute atomic E-state index is 11.6. The number of amides is 2. The third kappa shape index (κ3) is 4.17. The topological polar surface area (TPSA) is 91.1 Å². The number of hydrogen-bond acceptors (Lipinski definition) is 3. The predicted octanol–water partition coefficient (Wildman–Crippen LogP) is 0.169. The summed E-state index contributed by atoms with van der Waals surface area (Å²) in [4.78, 5) is 36.0. The van der Waals surface area contributed by atoms with E-state index in [0.29, 0.717) is 5.56 Å². The Morgan fingerprint density at radius 2 is 2.22 bits per heavy atom. The fourth-order valence-corrected chi connectivity index (χ4v) is 1.45. The number of rotatable bonds is 4. The highest BCUT2D eigenvalue weighted by Gasteiger charge is 2.06. The van der Waals surface area contributed by atoms with Crippen LogP contribution >= 0.6 is 15.9 Å². The summed E-state index contributed by atoms with van der Waals surface area (Å²) in [6.45, 7) is 0.225. The molecule has 0 aliphatic heterocycles. The predicted molar refractivity (Wildman–Crippen MR) is 70.3 cm³/mol. The minimum Gasteiger partial charge on any atom is -0.356 e. The van der Waals surface area contributed by atoms with Crippen molar-refractivity contribution >= 4 is 27.7 Å². The van der Waals surface area contributed by atoms with E-state index < -0.39 is 0 Å². The molecule has 0 atom stereocenters. The molecule has 7 heteroatoms. The number of aromatic nitrogens is 1. The zero-order valence-corrected chi connectivity index (χ0v) is 11.2. The van der Waals surface area contributed by atoms with Crippen molar-refractivity contribution in [1.29, 1.82) is 0 Å². The molecule has 6 nitrogen and oxygen atoms in total. The van der Waals surface area contributed by atoms with E-state index in [9.17, 15) is 14.4 Å². The van der Waals surface area contributed by atoms with Crippen molar-refractivity contribution in [2.45, 2.75) is 0 Å². The fourth-order valence-electron chi connectivity index (χ4n) is 1.09. The SMILES string of the molecule is CNC(=O)C=CCNC(=O)c1c[nH]c(=O)c(Br)c1. The van der Waals surface area contributed by atoms with E-state index in [0.717, 1.165) is 0 Å². The molecule has 0 aromatic carbocycles. The quantitative estimate of drug-likeness (QED) is 0.692. The molecule has 0 fully saturated rings. The second kappa shape index (κ2) is 6.75. The van der Waals surface area contributed by atoms with Crippen molar-refractivity contribution in [2.24, 2.45) is 0 Å². The van der Waals surface area contributed by atoms with Gasteiger partial charge in [-0.25, -0.2) is 0 Å². The van der Waals surface area contributed by atoms with E-state index >= 15 is 0 Å². The summed E-state index contributed by atoms with van der Waals surface area (Å²) in [5.41, 5.74) is 0.0286. The number of carbonyl (C=O) groups is 2. The molecular weight excluding hydrogens is 302 g/mol. The van der Waals surface area contributed by atoms with Crippen molar-refractivity contribution in [3.05, 3.63) is 44.8 Å². The van der Waals surface area contributed by atoms with E-state index in [-0.39, 0.29) is 28.4 Å². The molecule has 96 valence electrons. The summed E-state index contributed by atoms with van der Waals surface area (Å²) in [6, 6.07) is 1.43. The Hall–Kier alpha value is -1.89. The molecule has 0 saturated heterocycles. The number of H-pyrrole nitrogens is 1. The average molecular weight is 314 g/mol. The molecule has 0 spiro atoms. The smallest absolute Gasteiger partial charge is 0.262 e. The van der Waals surface area contributed by atoms with Crippen LogP contribution in [-0.2, 0) is 4.79 Å². The molecule has 0 unspecified atom stereocenters. The first-order valence-corrected chi connectivity index (χ1v) is 5.88. The van der Waals surface area contributed by atoms with Gasteiger partial charge < -0.3 is 15.6 Å². The first kappa shape index (κ1) is 14.2. The molecule has 1 heterocycles. The van der Waals surface area contributed by atoms with Gasteiger partial charge in [0.25, 0.3) is 11.5 Å². The van der Waals surface area contributed by atoms with Crippen LogP contribution < -0.4 is 16.2 Å². The first-order valence-electron chi connectivity index (χ1n) is 5.09. The monoisotopic (exact) mass is 313 g/mol. The molecule has 0 saturated carbocycles. The molecule has 1 rings (SSSR count). The van der Waals surface area contributed by atoms with Crippen LogP contribution in [0.25, 0.3) is 0 Å². The average Bonchev–Trinajstić information content (AvgIpc) is 2.37. The normalized spacial score (nSPS) is 10.3. The van der Waals surface area contributed by atoms with Gasteiger partial charge in [-0.2, -0.15) is 0 Å². The molecule has 0 radical (unpaired) electrons. The summed E-state index contributed by atoms with van der Waals surface area (Å²) in [5.74, 6) is -0.579. The lowest BCUT2D eigenvalue weighted by molar-refractivity contribution is -0.116. The Kier molecular flexibility index (Phi) is 5.31. The van der Waals surface area contributed by atoms with E-state index in [1.165, 1.54) is 31.5 Å². The van der Waals surface area contributed by atoms with Crippen LogP contribution in [0, 0.1) is 0 Å². The van der Waals surface area contributed by atoms with Crippen LogP contribution in [0.3, 0.4) is 0 Å². The summed E-state index contributed by atoms with van der Waals surface area (Å²) >= 11 is 3.03. The van der Waals surface area contributed by atoms with Gasteiger partial charge in [-0.15, -0.1) is 0 Å². The van der Waals surface area contributed by atoms with Gasteiger partial charge in [-0.05, 0) is 22.0 Å². The Bertz CT molecular complexity index is 537. The lowest BCUT2D eigenvalue weighted by Gasteiger charge is -2.02. The highest BCUT2D eigenvalue weighted by Crippen LogP contribution is 2.04. The van der Waals surface area contributed by atoms with E-state index in [1.54, 1.807) is 0 Å². The number of pyridine rings is 1. The number of nitrogens with one attached hydrogen (secondary N) is 3. The Morgan fingerprint density at radius 3 is 2.83 bits per heavy atom. The number of carbonyl (C=O) groups excluding carboxylic acids is 2. The van der Waals surface area contributed by atoms with Crippen molar-refractivity contribution in [3.63, 3.8) is 0 Å². The molecule has 1 aromatic rings. The number of likely N-dealkylation sites (N-methyl/N-ethyl adjacent to an activating group) is 1. The molecule has 0 aliphatic carbocycles. The van der Waals surface area contributed by atoms with Gasteiger partial charge in [0.1, 0.15) is 0 Å². The number of hydrogen-bond donors (Lipinski definition) is 3. The largest absolute Gasteiger partial charge is 0.356 e. The van der Waals surface area contributed by atoms with Gasteiger partial charge in [0.05, 0.1) is 10.0 Å². The van der Waals surface area contributed by atoms with Crippen molar-refractivity contribution < 1.29 is 9.59 Å². The van der Waals surface area contributed by atoms with E-state index in [2.05, 4.69) is 31.5 Å². The molecule has 0 aliphatic rings. The van der Waals surface area contributed by atoms with Crippen LogP contribution in [-0.4, -0.2) is 30.4 Å². The van der Waals surface area contributed by atoms with Gasteiger partial charge in [-0.1, -0.05) is 6.08 Å². The Morgan fingerprint density at radius 1 is 1.50 bits per heavy atom. The minimum absolute atomic E-state index is 0.225. The van der Waals surface area contributed by atoms with Crippen LogP contribution in [0.5, 0.6) is 0 Å². The Balaban J connectivity index is 2.55. The summed E-state index contributed by atoms with van der Waals surface area (Å²) in [6.07, 6.45) is 4.17. The van der Waals surface area contributed by atoms with Gasteiger partial charge in [0.15, 0.2) is 0 Å². The molecule has 0 bridgehead atoms. The molecule has 2 amide bonds. The van der Waals surface area contributed by atoms with Gasteiger partial charge in [0, 0.05) is 25.9 Å². The Labute approximate surface area is 112 Å². The van der Waals surface area contributed by atoms with Crippen molar-refractivity contribution in [2.75, 3.05) is 13.6 Å². The summed E-state index contributed by atoms with van der Waals surface area (Å²) in [7, 11) is 1.52. The van der Waals surface area contributed by atoms with Crippen molar-refractivity contribution in [3.8, 4) is 0 Å². The third-order valence-corrected chi connectivity index (χ3v) is 2.61. The van der Waals surface area contributed by atoms with Crippen LogP contribution in [0.15, 0.2) is 33.7 Å². The van der Waals surface area contributed by atoms with Crippen LogP contribution in [0.2, 0.25) is 0 Å². The lowest BCUT2D eigenvalue weighted by Crippen LogP contribution is -2.25. The highest BCUT2D eigenvalue weighted by molar-refractivity contribution is 9.10. The highest BCUT2D eigenvalue weighted by atomic mass is 79.9. The lowest BCUT2D eigenvalue weighted by atomic mass is 10.2. The second-order valence-electron chi connectivity index (χ2n) is 3.29. The zero-order valence-electron chi connectivity index (χ0n) is 9.62. The first-order chi connectivity index (χ1) is 8.54. The van der Waals surface area contributed by atoms with Gasteiger partial charge in [-0.3, -0.25) is 14.4 Å². The third-order valence-electron chi connectivity index (χ3n) is 2.02. The zero-order chi connectivity index (χ0) is 13.5. The molecule has 18 heavy (non-hydrogen) atoms. The number of halogens is 1.